The zero-order valence-electron chi connectivity index (χ0n) is 16.9. The van der Waals surface area contributed by atoms with Gasteiger partial charge in [0.15, 0.2) is 22.5 Å². The third-order valence-electron chi connectivity index (χ3n) is 5.16. The maximum atomic E-state index is 12.9. The molecule has 0 bridgehead atoms. The van der Waals surface area contributed by atoms with E-state index in [1.165, 1.54) is 12.1 Å². The fourth-order valence-electron chi connectivity index (χ4n) is 3.49. The highest BCUT2D eigenvalue weighted by Gasteiger charge is 2.18. The van der Waals surface area contributed by atoms with Gasteiger partial charge in [0.1, 0.15) is 5.76 Å². The van der Waals surface area contributed by atoms with Gasteiger partial charge in [-0.15, -0.1) is 0 Å². The van der Waals surface area contributed by atoms with Gasteiger partial charge < -0.3 is 19.9 Å². The number of benzene rings is 3. The van der Waals surface area contributed by atoms with Crippen molar-refractivity contribution in [1.82, 2.24) is 5.32 Å². The van der Waals surface area contributed by atoms with Crippen LogP contribution in [-0.4, -0.2) is 22.7 Å². The van der Waals surface area contributed by atoms with E-state index in [0.717, 1.165) is 11.1 Å². The van der Waals surface area contributed by atoms with Crippen molar-refractivity contribution in [2.45, 2.75) is 13.3 Å². The van der Waals surface area contributed by atoms with E-state index in [-0.39, 0.29) is 34.0 Å². The van der Waals surface area contributed by atoms with E-state index in [2.05, 4.69) is 5.32 Å². The first kappa shape index (κ1) is 20.2. The van der Waals surface area contributed by atoms with Crippen molar-refractivity contribution < 1.29 is 19.4 Å². The molecule has 6 heteroatoms. The summed E-state index contributed by atoms with van der Waals surface area (Å²) >= 11 is 0. The standard InChI is InChI=1S/C25H21NO5/c1-15-22(29)18-8-5-9-19(24(18)31-23(15)17-6-3-2-4-7-17)25(30)26-13-12-16-10-11-20(27)21(28)14-16/h2-11,14,27-28H,12-13H2,1H3,(H,26,30). The highest BCUT2D eigenvalue weighted by molar-refractivity contribution is 6.05. The van der Waals surface area contributed by atoms with Crippen molar-refractivity contribution in [2.75, 3.05) is 6.54 Å². The summed E-state index contributed by atoms with van der Waals surface area (Å²) < 4.78 is 6.08. The molecule has 156 valence electrons. The Morgan fingerprint density at radius 2 is 1.74 bits per heavy atom. The van der Waals surface area contributed by atoms with Crippen molar-refractivity contribution in [3.63, 3.8) is 0 Å². The number of aromatic hydroxyl groups is 2. The third-order valence-corrected chi connectivity index (χ3v) is 5.16. The van der Waals surface area contributed by atoms with E-state index in [0.29, 0.717) is 29.7 Å². The molecule has 0 aliphatic heterocycles. The molecule has 0 aliphatic carbocycles. The van der Waals surface area contributed by atoms with Crippen LogP contribution in [0.1, 0.15) is 21.5 Å². The topological polar surface area (TPSA) is 99.8 Å². The maximum Gasteiger partial charge on any atom is 0.255 e. The molecule has 1 heterocycles. The molecule has 0 fully saturated rings. The van der Waals surface area contributed by atoms with Crippen molar-refractivity contribution in [3.8, 4) is 22.8 Å². The van der Waals surface area contributed by atoms with E-state index < -0.39 is 0 Å². The molecular formula is C25H21NO5. The number of rotatable bonds is 5. The minimum atomic E-state index is -0.361. The van der Waals surface area contributed by atoms with Crippen LogP contribution in [0.5, 0.6) is 11.5 Å². The van der Waals surface area contributed by atoms with Gasteiger partial charge in [0.25, 0.3) is 5.91 Å². The third kappa shape index (κ3) is 4.00. The molecule has 0 aliphatic rings. The molecule has 0 unspecified atom stereocenters. The van der Waals surface area contributed by atoms with E-state index in [1.807, 2.05) is 30.3 Å². The lowest BCUT2D eigenvalue weighted by Crippen LogP contribution is -2.26. The van der Waals surface area contributed by atoms with Gasteiger partial charge in [0.05, 0.1) is 10.9 Å². The van der Waals surface area contributed by atoms with Crippen LogP contribution in [0.4, 0.5) is 0 Å². The predicted octanol–water partition coefficient (Wildman–Crippen LogP) is 4.15. The monoisotopic (exact) mass is 415 g/mol. The normalized spacial score (nSPS) is 10.9. The number of amides is 1. The number of phenols is 2. The van der Waals surface area contributed by atoms with Crippen LogP contribution in [0.3, 0.4) is 0 Å². The molecule has 3 N–H and O–H groups in total. The van der Waals surface area contributed by atoms with Crippen molar-refractivity contribution in [1.29, 1.82) is 0 Å². The van der Waals surface area contributed by atoms with Gasteiger partial charge in [-0.1, -0.05) is 42.5 Å². The summed E-state index contributed by atoms with van der Waals surface area (Å²) in [4.78, 5) is 25.8. The second kappa shape index (κ2) is 8.36. The first-order chi connectivity index (χ1) is 15.0. The molecule has 1 amide bonds. The summed E-state index contributed by atoms with van der Waals surface area (Å²) in [5.74, 6) is -0.316. The lowest BCUT2D eigenvalue weighted by molar-refractivity contribution is 0.0955. The Bertz CT molecular complexity index is 1330. The molecule has 3 aromatic carbocycles. The van der Waals surface area contributed by atoms with Crippen LogP contribution in [0, 0.1) is 6.92 Å². The van der Waals surface area contributed by atoms with Crippen LogP contribution >= 0.6 is 0 Å². The Labute approximate surface area is 178 Å². The van der Waals surface area contributed by atoms with Gasteiger partial charge in [-0.2, -0.15) is 0 Å². The SMILES string of the molecule is Cc1c(-c2ccccc2)oc2c(C(=O)NCCc3ccc(O)c(O)c3)cccc2c1=O. The maximum absolute atomic E-state index is 12.9. The second-order valence-electron chi connectivity index (χ2n) is 7.26. The van der Waals surface area contributed by atoms with Crippen LogP contribution in [-0.2, 0) is 6.42 Å². The van der Waals surface area contributed by atoms with Gasteiger partial charge in [-0.25, -0.2) is 0 Å². The summed E-state index contributed by atoms with van der Waals surface area (Å²) in [5, 5.41) is 22.2. The number of para-hydroxylation sites is 1. The number of nitrogens with one attached hydrogen (secondary N) is 1. The Morgan fingerprint density at radius 1 is 0.968 bits per heavy atom. The van der Waals surface area contributed by atoms with E-state index >= 15 is 0 Å². The lowest BCUT2D eigenvalue weighted by atomic mass is 10.0. The van der Waals surface area contributed by atoms with E-state index in [1.54, 1.807) is 31.2 Å². The average Bonchev–Trinajstić information content (AvgIpc) is 2.78. The second-order valence-corrected chi connectivity index (χ2v) is 7.26. The number of carbonyl (C=O) groups excluding carboxylic acids is 1. The fraction of sp³-hybridized carbons (Fsp3) is 0.120. The summed E-state index contributed by atoms with van der Waals surface area (Å²) in [7, 11) is 0. The minimum absolute atomic E-state index is 0.172. The molecule has 1 aromatic heterocycles. The molecule has 0 saturated carbocycles. The Hall–Kier alpha value is -4.06. The Morgan fingerprint density at radius 3 is 2.48 bits per heavy atom. The van der Waals surface area contributed by atoms with Crippen LogP contribution in [0.15, 0.2) is 75.9 Å². The first-order valence-corrected chi connectivity index (χ1v) is 9.86. The average molecular weight is 415 g/mol. The molecule has 0 atom stereocenters. The largest absolute Gasteiger partial charge is 0.504 e. The molecule has 0 saturated heterocycles. The van der Waals surface area contributed by atoms with Gasteiger partial charge in [0, 0.05) is 17.7 Å². The molecular weight excluding hydrogens is 394 g/mol. The highest BCUT2D eigenvalue weighted by atomic mass is 16.3. The molecule has 0 radical (unpaired) electrons. The zero-order valence-corrected chi connectivity index (χ0v) is 16.9. The number of carbonyl (C=O) groups is 1. The summed E-state index contributed by atoms with van der Waals surface area (Å²) in [6.45, 7) is 2.02. The molecule has 4 rings (SSSR count). The minimum Gasteiger partial charge on any atom is -0.504 e. The molecule has 31 heavy (non-hydrogen) atoms. The highest BCUT2D eigenvalue weighted by Crippen LogP contribution is 2.27. The summed E-state index contributed by atoms with van der Waals surface area (Å²) in [6.07, 6.45) is 0.461. The van der Waals surface area contributed by atoms with Gasteiger partial charge in [0.2, 0.25) is 0 Å². The van der Waals surface area contributed by atoms with Gasteiger partial charge >= 0.3 is 0 Å². The van der Waals surface area contributed by atoms with Crippen molar-refractivity contribution >= 4 is 16.9 Å². The molecule has 0 spiro atoms. The number of hydrogen-bond acceptors (Lipinski definition) is 5. The van der Waals surface area contributed by atoms with Crippen molar-refractivity contribution in [2.24, 2.45) is 0 Å². The number of hydrogen-bond donors (Lipinski definition) is 3. The van der Waals surface area contributed by atoms with E-state index in [9.17, 15) is 19.8 Å². The first-order valence-electron chi connectivity index (χ1n) is 9.86. The van der Waals surface area contributed by atoms with Crippen LogP contribution < -0.4 is 10.7 Å². The van der Waals surface area contributed by atoms with Crippen molar-refractivity contribution in [3.05, 3.63) is 93.6 Å². The predicted molar refractivity (Wildman–Crippen MR) is 118 cm³/mol. The summed E-state index contributed by atoms with van der Waals surface area (Å²) in [5.41, 5.74) is 2.37. The Kier molecular flexibility index (Phi) is 5.45. The van der Waals surface area contributed by atoms with Crippen LogP contribution in [0.25, 0.3) is 22.3 Å². The van der Waals surface area contributed by atoms with E-state index in [4.69, 9.17) is 4.42 Å². The van der Waals surface area contributed by atoms with Crippen LogP contribution in [0.2, 0.25) is 0 Å². The number of fused-ring (bicyclic) bond motifs is 1. The summed E-state index contributed by atoms with van der Waals surface area (Å²) in [6, 6.07) is 18.8. The smallest absolute Gasteiger partial charge is 0.255 e. The molecule has 6 nitrogen and oxygen atoms in total. The molecule has 4 aromatic rings. The van der Waals surface area contributed by atoms with Gasteiger partial charge in [-0.05, 0) is 43.2 Å². The van der Waals surface area contributed by atoms with Gasteiger partial charge in [-0.3, -0.25) is 9.59 Å². The number of phenolic OH excluding ortho intramolecular Hbond substituents is 2. The lowest BCUT2D eigenvalue weighted by Gasteiger charge is -2.11. The quantitative estimate of drug-likeness (QED) is 0.425. The Balaban J connectivity index is 1.64. The zero-order chi connectivity index (χ0) is 22.0. The fourth-order valence-corrected chi connectivity index (χ4v) is 3.49.